The van der Waals surface area contributed by atoms with Gasteiger partial charge in [-0.1, -0.05) is 32.4 Å². The molecule has 2 aromatic rings. The predicted molar refractivity (Wildman–Crippen MR) is 81.2 cm³/mol. The average Bonchev–Trinajstić information content (AvgIpc) is 2.80. The van der Waals surface area contributed by atoms with E-state index in [2.05, 4.69) is 47.7 Å². The lowest BCUT2D eigenvalue weighted by molar-refractivity contribution is 0.656. The maximum absolute atomic E-state index is 4.62. The summed E-state index contributed by atoms with van der Waals surface area (Å²) in [5.74, 6) is 0.536. The largest absolute Gasteiger partial charge is 0.313 e. The molecule has 0 aromatic carbocycles. The highest BCUT2D eigenvalue weighted by Crippen LogP contribution is 2.14. The number of hydrogen-bond acceptors (Lipinski definition) is 2. The van der Waals surface area contributed by atoms with Crippen LogP contribution in [0.15, 0.2) is 36.2 Å². The van der Waals surface area contributed by atoms with Gasteiger partial charge in [0.1, 0.15) is 5.65 Å². The zero-order chi connectivity index (χ0) is 13.7. The van der Waals surface area contributed by atoms with Gasteiger partial charge in [-0.2, -0.15) is 0 Å². The minimum Gasteiger partial charge on any atom is -0.313 e. The lowest BCUT2D eigenvalue weighted by Crippen LogP contribution is -2.19. The van der Waals surface area contributed by atoms with Crippen molar-refractivity contribution in [3.05, 3.63) is 41.9 Å². The van der Waals surface area contributed by atoms with E-state index < -0.39 is 0 Å². The molecule has 3 nitrogen and oxygen atoms in total. The number of hydrogen-bond donors (Lipinski definition) is 1. The second-order valence-electron chi connectivity index (χ2n) is 5.18. The van der Waals surface area contributed by atoms with Crippen LogP contribution in [0.5, 0.6) is 0 Å². The molecule has 0 spiro atoms. The lowest BCUT2D eigenvalue weighted by Gasteiger charge is -2.11. The van der Waals surface area contributed by atoms with Crippen LogP contribution >= 0.6 is 0 Å². The summed E-state index contributed by atoms with van der Waals surface area (Å²) < 4.78 is 2.06. The minimum absolute atomic E-state index is 0.536. The van der Waals surface area contributed by atoms with Crippen molar-refractivity contribution in [3.8, 4) is 0 Å². The fraction of sp³-hybridized carbons (Fsp3) is 0.438. The first-order chi connectivity index (χ1) is 9.20. The second kappa shape index (κ2) is 6.53. The Morgan fingerprint density at radius 3 is 2.95 bits per heavy atom. The number of fused-ring (bicyclic) bond motifs is 1. The van der Waals surface area contributed by atoms with Crippen LogP contribution in [0.25, 0.3) is 11.7 Å². The Hall–Kier alpha value is -1.61. The Bertz CT molecular complexity index is 519. The molecular weight excluding hydrogens is 234 g/mol. The van der Waals surface area contributed by atoms with Gasteiger partial charge in [-0.3, -0.25) is 0 Å². The van der Waals surface area contributed by atoms with Crippen molar-refractivity contribution in [2.45, 2.75) is 27.2 Å². The molecule has 102 valence electrons. The van der Waals surface area contributed by atoms with Crippen molar-refractivity contribution in [1.82, 2.24) is 14.7 Å². The van der Waals surface area contributed by atoms with Crippen molar-refractivity contribution >= 4 is 11.7 Å². The van der Waals surface area contributed by atoms with Crippen molar-refractivity contribution in [1.29, 1.82) is 0 Å². The zero-order valence-electron chi connectivity index (χ0n) is 12.1. The van der Waals surface area contributed by atoms with E-state index in [9.17, 15) is 0 Å². The first-order valence-electron chi connectivity index (χ1n) is 7.05. The third-order valence-corrected chi connectivity index (χ3v) is 3.21. The molecule has 0 bridgehead atoms. The van der Waals surface area contributed by atoms with Gasteiger partial charge in [-0.25, -0.2) is 4.98 Å². The van der Waals surface area contributed by atoms with Gasteiger partial charge in [0.15, 0.2) is 0 Å². The molecule has 0 fully saturated rings. The molecule has 0 amide bonds. The summed E-state index contributed by atoms with van der Waals surface area (Å²) in [5, 5.41) is 3.47. The number of nitrogens with zero attached hydrogens (tertiary/aromatic N) is 2. The summed E-state index contributed by atoms with van der Waals surface area (Å²) in [4.78, 5) is 4.62. The molecule has 0 radical (unpaired) electrons. The predicted octanol–water partition coefficient (Wildman–Crippen LogP) is 3.37. The van der Waals surface area contributed by atoms with Gasteiger partial charge in [-0.05, 0) is 37.1 Å². The van der Waals surface area contributed by atoms with E-state index in [1.807, 2.05) is 24.4 Å². The Morgan fingerprint density at radius 1 is 1.42 bits per heavy atom. The summed E-state index contributed by atoms with van der Waals surface area (Å²) >= 11 is 0. The van der Waals surface area contributed by atoms with Gasteiger partial charge in [0.25, 0.3) is 0 Å². The van der Waals surface area contributed by atoms with Gasteiger partial charge in [0.2, 0.25) is 0 Å². The Kier molecular flexibility index (Phi) is 4.74. The smallest absolute Gasteiger partial charge is 0.137 e. The standard InChI is InChI=1S/C16H23N3/c1-4-8-17-11-14(13(2)3)10-15-12-19-9-6-5-7-16(19)18-15/h5-7,9-10,12-13,17H,4,8,11H2,1-3H3. The number of nitrogens with one attached hydrogen (secondary N) is 1. The number of aromatic nitrogens is 2. The lowest BCUT2D eigenvalue weighted by atomic mass is 10.0. The number of imidazole rings is 1. The molecule has 2 aromatic heterocycles. The second-order valence-corrected chi connectivity index (χ2v) is 5.18. The van der Waals surface area contributed by atoms with E-state index in [1.54, 1.807) is 0 Å². The van der Waals surface area contributed by atoms with Crippen LogP contribution in [-0.4, -0.2) is 22.5 Å². The quantitative estimate of drug-likeness (QED) is 0.804. The van der Waals surface area contributed by atoms with Crippen molar-refractivity contribution in [2.24, 2.45) is 5.92 Å². The SMILES string of the molecule is CCCNCC(=Cc1cn2ccccc2n1)C(C)C. The molecule has 0 aliphatic heterocycles. The van der Waals surface area contributed by atoms with Gasteiger partial charge in [0.05, 0.1) is 5.69 Å². The fourth-order valence-corrected chi connectivity index (χ4v) is 2.05. The summed E-state index contributed by atoms with van der Waals surface area (Å²) in [6, 6.07) is 6.07. The minimum atomic E-state index is 0.536. The molecule has 19 heavy (non-hydrogen) atoms. The Morgan fingerprint density at radius 2 is 2.26 bits per heavy atom. The number of pyridine rings is 1. The molecule has 0 saturated carbocycles. The van der Waals surface area contributed by atoms with Crippen molar-refractivity contribution in [2.75, 3.05) is 13.1 Å². The Labute approximate surface area is 115 Å². The third-order valence-electron chi connectivity index (χ3n) is 3.21. The van der Waals surface area contributed by atoms with Crippen LogP contribution < -0.4 is 5.32 Å². The topological polar surface area (TPSA) is 29.3 Å². The fourth-order valence-electron chi connectivity index (χ4n) is 2.05. The average molecular weight is 257 g/mol. The molecular formula is C16H23N3. The zero-order valence-corrected chi connectivity index (χ0v) is 12.1. The van der Waals surface area contributed by atoms with E-state index in [1.165, 1.54) is 12.0 Å². The van der Waals surface area contributed by atoms with E-state index in [4.69, 9.17) is 0 Å². The molecule has 0 aliphatic rings. The van der Waals surface area contributed by atoms with Gasteiger partial charge in [-0.15, -0.1) is 0 Å². The molecule has 0 aliphatic carbocycles. The number of rotatable bonds is 6. The van der Waals surface area contributed by atoms with Crippen LogP contribution in [0.2, 0.25) is 0 Å². The normalized spacial score (nSPS) is 12.5. The van der Waals surface area contributed by atoms with Crippen LogP contribution in [0.3, 0.4) is 0 Å². The molecule has 2 heterocycles. The molecule has 0 atom stereocenters. The van der Waals surface area contributed by atoms with E-state index >= 15 is 0 Å². The third kappa shape index (κ3) is 3.67. The van der Waals surface area contributed by atoms with Gasteiger partial charge >= 0.3 is 0 Å². The van der Waals surface area contributed by atoms with E-state index in [0.29, 0.717) is 5.92 Å². The molecule has 0 saturated heterocycles. The van der Waals surface area contributed by atoms with E-state index in [0.717, 1.165) is 24.4 Å². The monoisotopic (exact) mass is 257 g/mol. The molecule has 1 N–H and O–H groups in total. The molecule has 3 heteroatoms. The van der Waals surface area contributed by atoms with E-state index in [-0.39, 0.29) is 0 Å². The Balaban J connectivity index is 2.19. The van der Waals surface area contributed by atoms with Crippen molar-refractivity contribution < 1.29 is 0 Å². The highest BCUT2D eigenvalue weighted by atomic mass is 15.0. The van der Waals surface area contributed by atoms with Crippen molar-refractivity contribution in [3.63, 3.8) is 0 Å². The van der Waals surface area contributed by atoms with Crippen LogP contribution in [0.1, 0.15) is 32.9 Å². The summed E-state index contributed by atoms with van der Waals surface area (Å²) in [6.07, 6.45) is 7.49. The van der Waals surface area contributed by atoms with Crippen LogP contribution in [-0.2, 0) is 0 Å². The first kappa shape index (κ1) is 13.8. The molecule has 2 rings (SSSR count). The maximum atomic E-state index is 4.62. The van der Waals surface area contributed by atoms with Crippen LogP contribution in [0, 0.1) is 5.92 Å². The highest BCUT2D eigenvalue weighted by Gasteiger charge is 2.05. The summed E-state index contributed by atoms with van der Waals surface area (Å²) in [6.45, 7) is 8.66. The van der Waals surface area contributed by atoms with Crippen LogP contribution in [0.4, 0.5) is 0 Å². The summed E-state index contributed by atoms with van der Waals surface area (Å²) in [7, 11) is 0. The highest BCUT2D eigenvalue weighted by molar-refractivity contribution is 5.54. The van der Waals surface area contributed by atoms with Gasteiger partial charge in [0, 0.05) is 18.9 Å². The molecule has 0 unspecified atom stereocenters. The summed E-state index contributed by atoms with van der Waals surface area (Å²) in [5.41, 5.74) is 3.43. The van der Waals surface area contributed by atoms with Gasteiger partial charge < -0.3 is 9.72 Å². The first-order valence-corrected chi connectivity index (χ1v) is 7.05. The maximum Gasteiger partial charge on any atom is 0.137 e.